The number of rotatable bonds is 3. The molecule has 2 heteroatoms. The van der Waals surface area contributed by atoms with Crippen molar-refractivity contribution in [3.63, 3.8) is 0 Å². The van der Waals surface area contributed by atoms with Gasteiger partial charge in [0.25, 0.3) is 0 Å². The Morgan fingerprint density at radius 2 is 1.75 bits per heavy atom. The van der Waals surface area contributed by atoms with E-state index in [0.29, 0.717) is 5.57 Å². The molecule has 12 heavy (non-hydrogen) atoms. The van der Waals surface area contributed by atoms with E-state index in [-0.39, 0.29) is 0 Å². The van der Waals surface area contributed by atoms with E-state index in [9.17, 15) is 4.79 Å². The van der Waals surface area contributed by atoms with E-state index in [4.69, 9.17) is 5.11 Å². The van der Waals surface area contributed by atoms with Gasteiger partial charge in [-0.1, -0.05) is 23.8 Å². The summed E-state index contributed by atoms with van der Waals surface area (Å²) in [4.78, 5) is 10.3. The van der Waals surface area contributed by atoms with Crippen molar-refractivity contribution in [3.8, 4) is 0 Å². The monoisotopic (exact) mass is 166 g/mol. The van der Waals surface area contributed by atoms with Crippen molar-refractivity contribution in [1.29, 1.82) is 0 Å². The Hall–Kier alpha value is -1.31. The second-order valence-corrected chi connectivity index (χ2v) is 2.94. The summed E-state index contributed by atoms with van der Waals surface area (Å²) in [6.45, 7) is 9.30. The molecule has 0 aromatic carbocycles. The third kappa shape index (κ3) is 4.50. The lowest BCUT2D eigenvalue weighted by Gasteiger charge is -1.99. The summed E-state index contributed by atoms with van der Waals surface area (Å²) in [5, 5.41) is 8.50. The zero-order valence-corrected chi connectivity index (χ0v) is 7.72. The second kappa shape index (κ2) is 4.54. The van der Waals surface area contributed by atoms with Gasteiger partial charge in [0.15, 0.2) is 0 Å². The third-order valence-electron chi connectivity index (χ3n) is 1.22. The molecule has 0 spiro atoms. The van der Waals surface area contributed by atoms with E-state index >= 15 is 0 Å². The summed E-state index contributed by atoms with van der Waals surface area (Å²) in [6, 6.07) is 0. The maximum absolute atomic E-state index is 10.3. The minimum atomic E-state index is -0.939. The smallest absolute Gasteiger partial charge is 0.328 e. The Bertz CT molecular complexity index is 253. The topological polar surface area (TPSA) is 37.3 Å². The van der Waals surface area contributed by atoms with Crippen LogP contribution in [0.3, 0.4) is 0 Å². The van der Waals surface area contributed by atoms with Gasteiger partial charge in [-0.15, -0.1) is 0 Å². The van der Waals surface area contributed by atoms with Gasteiger partial charge in [-0.3, -0.25) is 0 Å². The zero-order chi connectivity index (χ0) is 9.72. The van der Waals surface area contributed by atoms with Crippen LogP contribution in [0.1, 0.15) is 20.8 Å². The van der Waals surface area contributed by atoms with Crippen molar-refractivity contribution in [3.05, 3.63) is 35.5 Å². The van der Waals surface area contributed by atoms with Crippen LogP contribution >= 0.6 is 0 Å². The molecule has 0 fully saturated rings. The van der Waals surface area contributed by atoms with Gasteiger partial charge in [0.1, 0.15) is 0 Å². The number of hydrogen-bond donors (Lipinski definition) is 1. The molecule has 2 nitrogen and oxygen atoms in total. The van der Waals surface area contributed by atoms with Gasteiger partial charge in [-0.25, -0.2) is 4.79 Å². The zero-order valence-electron chi connectivity index (χ0n) is 7.72. The predicted octanol–water partition coefficient (Wildman–Crippen LogP) is 2.54. The van der Waals surface area contributed by atoms with Crippen molar-refractivity contribution in [2.45, 2.75) is 20.8 Å². The molecular formula is C10H14O2. The molecule has 0 amide bonds. The van der Waals surface area contributed by atoms with Crippen molar-refractivity contribution in [2.24, 2.45) is 0 Å². The van der Waals surface area contributed by atoms with Crippen molar-refractivity contribution in [1.82, 2.24) is 0 Å². The predicted molar refractivity (Wildman–Crippen MR) is 50.0 cm³/mol. The van der Waals surface area contributed by atoms with Crippen LogP contribution in [0.2, 0.25) is 0 Å². The quantitative estimate of drug-likeness (QED) is 0.516. The fraction of sp³-hybridized carbons (Fsp3) is 0.300. The van der Waals surface area contributed by atoms with E-state index < -0.39 is 5.97 Å². The number of aliphatic carboxylic acids is 1. The fourth-order valence-electron chi connectivity index (χ4n) is 0.732. The summed E-state index contributed by atoms with van der Waals surface area (Å²) in [7, 11) is 0. The van der Waals surface area contributed by atoms with Crippen LogP contribution in [0.5, 0.6) is 0 Å². The SMILES string of the molecule is C=C(C)/C(C=C(C)C)=C\C(=O)O. The Morgan fingerprint density at radius 1 is 1.25 bits per heavy atom. The molecular weight excluding hydrogens is 152 g/mol. The molecule has 0 heterocycles. The molecule has 0 unspecified atom stereocenters. The Kier molecular flexibility index (Phi) is 4.05. The summed E-state index contributed by atoms with van der Waals surface area (Å²) >= 11 is 0. The van der Waals surface area contributed by atoms with E-state index in [1.165, 1.54) is 0 Å². The lowest BCUT2D eigenvalue weighted by Crippen LogP contribution is -1.91. The lowest BCUT2D eigenvalue weighted by molar-refractivity contribution is -0.131. The molecule has 0 aromatic heterocycles. The minimum absolute atomic E-state index is 0.669. The van der Waals surface area contributed by atoms with Gasteiger partial charge in [0.2, 0.25) is 0 Å². The summed E-state index contributed by atoms with van der Waals surface area (Å²) in [5.74, 6) is -0.939. The lowest BCUT2D eigenvalue weighted by atomic mass is 10.1. The first-order chi connectivity index (χ1) is 5.43. The Labute approximate surface area is 72.9 Å². The second-order valence-electron chi connectivity index (χ2n) is 2.94. The molecule has 66 valence electrons. The molecule has 0 rings (SSSR count). The third-order valence-corrected chi connectivity index (χ3v) is 1.22. The molecule has 1 N–H and O–H groups in total. The molecule has 0 atom stereocenters. The number of carbonyl (C=O) groups is 1. The van der Waals surface area contributed by atoms with Crippen LogP contribution in [-0.2, 0) is 4.79 Å². The first-order valence-corrected chi connectivity index (χ1v) is 3.69. The van der Waals surface area contributed by atoms with E-state index in [1.54, 1.807) is 13.0 Å². The Balaban J connectivity index is 4.81. The van der Waals surface area contributed by atoms with E-state index in [2.05, 4.69) is 6.58 Å². The minimum Gasteiger partial charge on any atom is -0.478 e. The normalized spacial score (nSPS) is 10.8. The molecule has 0 aliphatic carbocycles. The van der Waals surface area contributed by atoms with E-state index in [0.717, 1.165) is 17.2 Å². The highest BCUT2D eigenvalue weighted by molar-refractivity contribution is 5.82. The van der Waals surface area contributed by atoms with Gasteiger partial charge < -0.3 is 5.11 Å². The maximum Gasteiger partial charge on any atom is 0.328 e. The number of allylic oxidation sites excluding steroid dienone is 4. The van der Waals surface area contributed by atoms with Gasteiger partial charge >= 0.3 is 5.97 Å². The summed E-state index contributed by atoms with van der Waals surface area (Å²) < 4.78 is 0. The highest BCUT2D eigenvalue weighted by Crippen LogP contribution is 2.10. The molecule has 0 aliphatic heterocycles. The molecule has 0 aliphatic rings. The molecule has 0 saturated carbocycles. The molecule has 0 aromatic rings. The first kappa shape index (κ1) is 10.7. The standard InChI is InChI=1S/C10H14O2/c1-7(2)5-9(8(3)4)6-10(11)12/h5-6H,3H2,1-2,4H3,(H,11,12)/b9-6-. The first-order valence-electron chi connectivity index (χ1n) is 3.69. The van der Waals surface area contributed by atoms with E-state index in [1.807, 2.05) is 13.8 Å². The maximum atomic E-state index is 10.3. The molecule has 0 bridgehead atoms. The number of hydrogen-bond acceptors (Lipinski definition) is 1. The molecule has 0 saturated heterocycles. The average molecular weight is 166 g/mol. The van der Waals surface area contributed by atoms with Crippen LogP contribution in [0.15, 0.2) is 35.5 Å². The average Bonchev–Trinajstić information content (AvgIpc) is 1.83. The van der Waals surface area contributed by atoms with Crippen LogP contribution in [0, 0.1) is 0 Å². The van der Waals surface area contributed by atoms with Crippen molar-refractivity contribution in [2.75, 3.05) is 0 Å². The Morgan fingerprint density at radius 3 is 2.00 bits per heavy atom. The fourth-order valence-corrected chi connectivity index (χ4v) is 0.732. The van der Waals surface area contributed by atoms with Gasteiger partial charge in [-0.2, -0.15) is 0 Å². The number of carboxylic acids is 1. The highest BCUT2D eigenvalue weighted by Gasteiger charge is 1.97. The number of carboxylic acid groups (broad SMARTS) is 1. The van der Waals surface area contributed by atoms with Gasteiger partial charge in [-0.05, 0) is 26.3 Å². The molecule has 0 radical (unpaired) electrons. The largest absolute Gasteiger partial charge is 0.478 e. The van der Waals surface area contributed by atoms with Gasteiger partial charge in [0.05, 0.1) is 0 Å². The van der Waals surface area contributed by atoms with Crippen LogP contribution in [0.4, 0.5) is 0 Å². The summed E-state index contributed by atoms with van der Waals surface area (Å²) in [6.07, 6.45) is 2.96. The summed E-state index contributed by atoms with van der Waals surface area (Å²) in [5.41, 5.74) is 2.49. The highest BCUT2D eigenvalue weighted by atomic mass is 16.4. The van der Waals surface area contributed by atoms with Crippen molar-refractivity contribution >= 4 is 5.97 Å². The van der Waals surface area contributed by atoms with Crippen LogP contribution < -0.4 is 0 Å². The van der Waals surface area contributed by atoms with Crippen LogP contribution in [0.25, 0.3) is 0 Å². The van der Waals surface area contributed by atoms with Crippen LogP contribution in [-0.4, -0.2) is 11.1 Å². The van der Waals surface area contributed by atoms with Crippen molar-refractivity contribution < 1.29 is 9.90 Å². The van der Waals surface area contributed by atoms with Gasteiger partial charge in [0, 0.05) is 6.08 Å².